The molecule has 12 aromatic rings. The molecule has 3 aliphatic carbocycles. The first-order chi connectivity index (χ1) is 56.3. The van der Waals surface area contributed by atoms with Crippen LogP contribution in [-0.4, -0.2) is 0 Å². The topological polar surface area (TPSA) is 0 Å². The molecule has 0 heterocycles. The van der Waals surface area contributed by atoms with Crippen LogP contribution < -0.4 is 0 Å². The SMILES string of the molecule is Cc1c(C)c(C)c2c(c1C)-c1c(C)c(C)c(C)c(C)c1C(C)(C)C2(C)C.Cc1c(C)c(C)c2c(c1C)-c1c(C)c(C)c(C)c(C)c1C(C)(C)C2(C)C.Cc1c(C)c(C)c2c(c1C)-c1c(C)c(C)c(C)c(C)c1C2(C)C.Cc1c(C)c(C)c2c(c1C)c(C)c(C)c1c(C)c(C)c(C)c(C)c12.Cc1c(C)c(C)c2c(c1C)c(C)c(C)c1c(C)c(C)c(C)c(C)c12. The fourth-order valence-electron chi connectivity index (χ4n) is 24.9. The largest absolute Gasteiger partial charge is 0.0549 e. The summed E-state index contributed by atoms with van der Waals surface area (Å²) in [7, 11) is 0. The van der Waals surface area contributed by atoms with Gasteiger partial charge in [-0.1, -0.05) is 69.2 Å². The first-order valence-corrected chi connectivity index (χ1v) is 46.8. The molecule has 654 valence electrons. The highest BCUT2D eigenvalue weighted by Crippen LogP contribution is 2.62. The van der Waals surface area contributed by atoms with Crippen molar-refractivity contribution in [2.45, 2.75) is 401 Å². The quantitative estimate of drug-likeness (QED) is 0.133. The van der Waals surface area contributed by atoms with E-state index in [-0.39, 0.29) is 27.1 Å². The molecule has 0 radical (unpaired) electrons. The van der Waals surface area contributed by atoms with Gasteiger partial charge in [0.2, 0.25) is 0 Å². The van der Waals surface area contributed by atoms with Gasteiger partial charge in [-0.3, -0.25) is 0 Å². The summed E-state index contributed by atoms with van der Waals surface area (Å²) in [6, 6.07) is 0. The summed E-state index contributed by atoms with van der Waals surface area (Å²) in [6.07, 6.45) is 0. The van der Waals surface area contributed by atoms with Crippen molar-refractivity contribution in [3.8, 4) is 33.4 Å². The van der Waals surface area contributed by atoms with Crippen LogP contribution in [0.4, 0.5) is 0 Å². The zero-order chi connectivity index (χ0) is 93.5. The van der Waals surface area contributed by atoms with E-state index < -0.39 is 0 Å². The Hall–Kier alpha value is -8.32. The molecule has 0 spiro atoms. The predicted molar refractivity (Wildman–Crippen MR) is 551 cm³/mol. The highest BCUT2D eigenvalue weighted by molar-refractivity contribution is 6.18. The van der Waals surface area contributed by atoms with E-state index in [1.54, 1.807) is 33.4 Å². The standard InChI is InChI=1S/2C26H36.2C24H30.C23H30/c2*1-13-15(3)19(7)23-21(17(13)5)22-18(6)14(2)16(4)20(8)24(22)26(11,12)25(23,9)10;2*1-11-13(3)17(7)23-21(15(11)5)19(9)20(10)22-16(6)12(2)14(4)18(8)24(22)23;1-11-13(3)17(7)21-19(15(11)5)20-16(6)12(2)14(4)18(8)22(20)23(21,9)10/h2*1-12H3;2*1-10H3;1-10H3. The molecule has 0 aliphatic heterocycles. The number of hydrogen-bond acceptors (Lipinski definition) is 0. The molecule has 0 saturated heterocycles. The van der Waals surface area contributed by atoms with Gasteiger partial charge in [0, 0.05) is 5.41 Å². The number of fused-ring (bicyclic) bond motifs is 15. The van der Waals surface area contributed by atoms with E-state index in [1.165, 1.54) is 321 Å². The second-order valence-electron chi connectivity index (χ2n) is 43.1. The number of hydrogen-bond donors (Lipinski definition) is 0. The molecule has 0 nitrogen and oxygen atoms in total. The Labute approximate surface area is 750 Å². The van der Waals surface area contributed by atoms with E-state index in [9.17, 15) is 0 Å². The fraction of sp³-hybridized carbons (Fsp3) is 0.480. The predicted octanol–water partition coefficient (Wildman–Crippen LogP) is 35.4. The van der Waals surface area contributed by atoms with Gasteiger partial charge in [-0.05, 0) is 681 Å². The van der Waals surface area contributed by atoms with Gasteiger partial charge in [0.1, 0.15) is 0 Å². The second-order valence-corrected chi connectivity index (χ2v) is 43.1. The summed E-state index contributed by atoms with van der Waals surface area (Å²) in [5.74, 6) is 0. The van der Waals surface area contributed by atoms with Crippen molar-refractivity contribution in [2.75, 3.05) is 0 Å². The average molecular weight is 1640 g/mol. The molecule has 123 heavy (non-hydrogen) atoms. The maximum absolute atomic E-state index is 2.46. The molecule has 15 rings (SSSR count). The van der Waals surface area contributed by atoms with E-state index in [2.05, 4.69) is 374 Å². The van der Waals surface area contributed by atoms with Gasteiger partial charge in [0.15, 0.2) is 0 Å². The van der Waals surface area contributed by atoms with Crippen LogP contribution in [-0.2, 0) is 27.1 Å². The molecule has 0 bridgehead atoms. The maximum atomic E-state index is 2.46. The van der Waals surface area contributed by atoms with Crippen LogP contribution in [0.2, 0.25) is 0 Å². The van der Waals surface area contributed by atoms with E-state index >= 15 is 0 Å². The lowest BCUT2D eigenvalue weighted by Gasteiger charge is -2.51. The lowest BCUT2D eigenvalue weighted by molar-refractivity contribution is 0.295. The molecule has 0 N–H and O–H groups in total. The summed E-state index contributed by atoms with van der Waals surface area (Å²) >= 11 is 0. The van der Waals surface area contributed by atoms with Gasteiger partial charge >= 0.3 is 0 Å². The molecular weight excluding hydrogens is 1480 g/mol. The van der Waals surface area contributed by atoms with E-state index in [1.807, 2.05) is 0 Å². The van der Waals surface area contributed by atoms with Gasteiger partial charge in [-0.15, -0.1) is 0 Å². The number of aryl methyl sites for hydroxylation is 12. The Kier molecular flexibility index (Phi) is 24.5. The van der Waals surface area contributed by atoms with Gasteiger partial charge in [0.25, 0.3) is 0 Å². The molecule has 0 amide bonds. The van der Waals surface area contributed by atoms with Crippen LogP contribution in [0.5, 0.6) is 0 Å². The molecule has 0 unspecified atom stereocenters. The smallest absolute Gasteiger partial charge is 0.0164 e. The minimum absolute atomic E-state index is 0.0849. The van der Waals surface area contributed by atoms with Crippen molar-refractivity contribution < 1.29 is 0 Å². The Balaban J connectivity index is 0.000000150. The first-order valence-electron chi connectivity index (χ1n) is 46.8. The Morgan fingerprint density at radius 1 is 0.0894 bits per heavy atom. The highest BCUT2D eigenvalue weighted by atomic mass is 14.5. The number of benzene rings is 12. The lowest BCUT2D eigenvalue weighted by atomic mass is 9.52. The van der Waals surface area contributed by atoms with Gasteiger partial charge in [-0.2, -0.15) is 0 Å². The molecular formula is C123H162. The van der Waals surface area contributed by atoms with Crippen molar-refractivity contribution in [1.82, 2.24) is 0 Å². The third-order valence-electron chi connectivity index (χ3n) is 37.6. The van der Waals surface area contributed by atoms with Crippen LogP contribution >= 0.6 is 0 Å². The molecule has 0 fully saturated rings. The zero-order valence-corrected chi connectivity index (χ0v) is 88.5. The average Bonchev–Trinajstić information content (AvgIpc) is 1.68. The normalized spacial score (nSPS) is 14.6. The summed E-state index contributed by atoms with van der Waals surface area (Å²) in [5.41, 5.74) is 83.2. The van der Waals surface area contributed by atoms with Gasteiger partial charge in [-0.25, -0.2) is 0 Å². The highest BCUT2D eigenvalue weighted by Gasteiger charge is 2.52. The Morgan fingerprint density at radius 2 is 0.179 bits per heavy atom. The van der Waals surface area contributed by atoms with Gasteiger partial charge in [0.05, 0.1) is 0 Å². The van der Waals surface area contributed by atoms with E-state index in [4.69, 9.17) is 0 Å². The summed E-state index contributed by atoms with van der Waals surface area (Å²) in [5, 5.41) is 11.8. The minimum Gasteiger partial charge on any atom is -0.0549 e. The summed E-state index contributed by atoms with van der Waals surface area (Å²) in [4.78, 5) is 0. The van der Waals surface area contributed by atoms with Crippen LogP contribution in [0.25, 0.3) is 76.5 Å². The summed E-state index contributed by atoms with van der Waals surface area (Å²) < 4.78 is 0. The Morgan fingerprint density at radius 3 is 0.317 bits per heavy atom. The van der Waals surface area contributed by atoms with Crippen LogP contribution in [0.1, 0.15) is 347 Å². The van der Waals surface area contributed by atoms with E-state index in [0.717, 1.165) is 0 Å². The molecule has 0 atom stereocenters. The molecule has 0 heteroatoms. The van der Waals surface area contributed by atoms with Gasteiger partial charge < -0.3 is 0 Å². The maximum Gasteiger partial charge on any atom is 0.0164 e. The molecule has 0 saturated carbocycles. The third kappa shape index (κ3) is 13.0. The van der Waals surface area contributed by atoms with Crippen molar-refractivity contribution in [3.05, 3.63) is 278 Å². The van der Waals surface area contributed by atoms with Crippen LogP contribution in [0.3, 0.4) is 0 Å². The fourth-order valence-corrected chi connectivity index (χ4v) is 24.9. The second kappa shape index (κ2) is 31.6. The summed E-state index contributed by atoms with van der Waals surface area (Å²) in [6.45, 7) is 126. The molecule has 3 aliphatic rings. The first kappa shape index (κ1) is 95.3. The van der Waals surface area contributed by atoms with Crippen molar-refractivity contribution in [2.24, 2.45) is 0 Å². The van der Waals surface area contributed by atoms with E-state index in [0.29, 0.717) is 0 Å². The third-order valence-corrected chi connectivity index (χ3v) is 37.6. The van der Waals surface area contributed by atoms with Crippen molar-refractivity contribution in [1.29, 1.82) is 0 Å². The Bertz CT molecular complexity index is 5960. The lowest BCUT2D eigenvalue weighted by Crippen LogP contribution is -2.45. The van der Waals surface area contributed by atoms with Crippen LogP contribution in [0.15, 0.2) is 0 Å². The van der Waals surface area contributed by atoms with Crippen LogP contribution in [0, 0.1) is 305 Å². The monoisotopic (exact) mass is 1640 g/mol. The molecule has 0 aromatic heterocycles. The number of rotatable bonds is 0. The minimum atomic E-state index is 0.0849. The van der Waals surface area contributed by atoms with Crippen molar-refractivity contribution >= 4 is 43.1 Å². The molecule has 12 aromatic carbocycles. The van der Waals surface area contributed by atoms with Crippen molar-refractivity contribution in [3.63, 3.8) is 0 Å². The zero-order valence-electron chi connectivity index (χ0n) is 88.5.